The van der Waals surface area contributed by atoms with Crippen molar-refractivity contribution in [3.8, 4) is 11.8 Å². The summed E-state index contributed by atoms with van der Waals surface area (Å²) in [5, 5.41) is 17.4. The average molecular weight is 335 g/mol. The highest BCUT2D eigenvalue weighted by atomic mass is 32.2. The fourth-order valence-electron chi connectivity index (χ4n) is 2.58. The molecule has 3 rings (SSSR count). The molecular formula is C14H14FN5O2S. The van der Waals surface area contributed by atoms with Crippen LogP contribution in [0.15, 0.2) is 24.3 Å². The van der Waals surface area contributed by atoms with E-state index in [2.05, 4.69) is 10.2 Å². The molecule has 7 nitrogen and oxygen atoms in total. The third-order valence-corrected chi connectivity index (χ3v) is 5.61. The molecule has 0 amide bonds. The Morgan fingerprint density at radius 3 is 2.74 bits per heavy atom. The number of halogens is 1. The summed E-state index contributed by atoms with van der Waals surface area (Å²) >= 11 is 0. The molecule has 0 saturated carbocycles. The highest BCUT2D eigenvalue weighted by Gasteiger charge is 2.33. The molecule has 9 heteroatoms. The molecule has 1 fully saturated rings. The molecule has 1 saturated heterocycles. The van der Waals surface area contributed by atoms with Crippen molar-refractivity contribution in [3.05, 3.63) is 35.8 Å². The first-order valence-electron chi connectivity index (χ1n) is 6.97. The van der Waals surface area contributed by atoms with E-state index in [0.29, 0.717) is 6.42 Å². The second-order valence-electron chi connectivity index (χ2n) is 5.39. The highest BCUT2D eigenvalue weighted by molar-refractivity contribution is 7.91. The fraction of sp³-hybridized carbons (Fsp3) is 0.357. The lowest BCUT2D eigenvalue weighted by molar-refractivity contribution is 0.594. The molecule has 1 aromatic heterocycles. The molecule has 2 aromatic rings. The van der Waals surface area contributed by atoms with Gasteiger partial charge in [-0.05, 0) is 18.6 Å². The lowest BCUT2D eigenvalue weighted by Gasteiger charge is -2.22. The number of nitrogens with zero attached hydrogens (tertiary/aromatic N) is 5. The molecule has 1 unspecified atom stereocenters. The Hall–Kier alpha value is -2.47. The molecule has 23 heavy (non-hydrogen) atoms. The molecule has 120 valence electrons. The number of benzene rings is 1. The van der Waals surface area contributed by atoms with Crippen LogP contribution >= 0.6 is 0 Å². The Kier molecular flexibility index (Phi) is 3.77. The number of hydrogen-bond donors (Lipinski definition) is 0. The van der Waals surface area contributed by atoms with Crippen molar-refractivity contribution in [1.82, 2.24) is 15.0 Å². The topological polar surface area (TPSA) is 91.9 Å². The predicted octanol–water partition coefficient (Wildman–Crippen LogP) is 0.901. The minimum atomic E-state index is -3.06. The number of aromatic nitrogens is 3. The number of nitriles is 1. The average Bonchev–Trinajstić information content (AvgIpc) is 3.10. The maximum atomic E-state index is 13.8. The van der Waals surface area contributed by atoms with Crippen molar-refractivity contribution < 1.29 is 12.8 Å². The SMILES string of the molecule is CN(c1nn(-c2ccccc2F)nc1C#N)C1CCS(=O)(=O)C1. The van der Waals surface area contributed by atoms with Gasteiger partial charge in [0.15, 0.2) is 21.5 Å². The number of anilines is 1. The summed E-state index contributed by atoms with van der Waals surface area (Å²) < 4.78 is 37.1. The molecule has 1 aliphatic heterocycles. The maximum Gasteiger partial charge on any atom is 0.207 e. The van der Waals surface area contributed by atoms with E-state index in [1.165, 1.54) is 12.1 Å². The summed E-state index contributed by atoms with van der Waals surface area (Å²) in [6.45, 7) is 0. The largest absolute Gasteiger partial charge is 0.352 e. The van der Waals surface area contributed by atoms with Gasteiger partial charge in [-0.1, -0.05) is 12.1 Å². The van der Waals surface area contributed by atoms with Gasteiger partial charge in [-0.3, -0.25) is 0 Å². The van der Waals surface area contributed by atoms with Crippen LogP contribution < -0.4 is 4.90 Å². The van der Waals surface area contributed by atoms with Crippen molar-refractivity contribution in [2.45, 2.75) is 12.5 Å². The van der Waals surface area contributed by atoms with Crippen LogP contribution in [0.1, 0.15) is 12.1 Å². The molecule has 1 atom stereocenters. The van der Waals surface area contributed by atoms with Gasteiger partial charge in [0, 0.05) is 13.1 Å². The Balaban J connectivity index is 1.98. The molecule has 1 aromatic carbocycles. The number of para-hydroxylation sites is 1. The highest BCUT2D eigenvalue weighted by Crippen LogP contribution is 2.24. The molecule has 0 spiro atoms. The van der Waals surface area contributed by atoms with Gasteiger partial charge < -0.3 is 4.90 Å². The standard InChI is InChI=1S/C14H14FN5O2S/c1-19(10-6-7-23(21,22)9-10)14-12(8-16)17-20(18-14)13-5-3-2-4-11(13)15/h2-5,10H,6-7,9H2,1H3. The second kappa shape index (κ2) is 5.62. The lowest BCUT2D eigenvalue weighted by atomic mass is 10.2. The summed E-state index contributed by atoms with van der Waals surface area (Å²) in [4.78, 5) is 2.69. The Morgan fingerprint density at radius 2 is 2.13 bits per heavy atom. The van der Waals surface area contributed by atoms with Gasteiger partial charge in [-0.25, -0.2) is 12.8 Å². The van der Waals surface area contributed by atoms with Gasteiger partial charge in [0.2, 0.25) is 5.69 Å². The van der Waals surface area contributed by atoms with E-state index in [0.717, 1.165) is 4.80 Å². The molecule has 0 bridgehead atoms. The van der Waals surface area contributed by atoms with E-state index < -0.39 is 15.7 Å². The number of sulfone groups is 1. The third-order valence-electron chi connectivity index (χ3n) is 3.86. The molecular weight excluding hydrogens is 321 g/mol. The summed E-state index contributed by atoms with van der Waals surface area (Å²) in [6.07, 6.45) is 0.469. The summed E-state index contributed by atoms with van der Waals surface area (Å²) in [7, 11) is -1.39. The molecule has 0 N–H and O–H groups in total. The first kappa shape index (κ1) is 15.4. The van der Waals surface area contributed by atoms with Crippen molar-refractivity contribution in [1.29, 1.82) is 5.26 Å². The van der Waals surface area contributed by atoms with Gasteiger partial charge in [0.05, 0.1) is 11.5 Å². The van der Waals surface area contributed by atoms with Crippen LogP contribution in [0, 0.1) is 17.1 Å². The van der Waals surface area contributed by atoms with E-state index in [1.807, 2.05) is 6.07 Å². The summed E-state index contributed by atoms with van der Waals surface area (Å²) in [6, 6.07) is 7.62. The Morgan fingerprint density at radius 1 is 1.39 bits per heavy atom. The number of hydrogen-bond acceptors (Lipinski definition) is 6. The fourth-order valence-corrected chi connectivity index (χ4v) is 4.36. The van der Waals surface area contributed by atoms with Crippen LogP contribution in [-0.4, -0.2) is 48.0 Å². The van der Waals surface area contributed by atoms with E-state index >= 15 is 0 Å². The smallest absolute Gasteiger partial charge is 0.207 e. The second-order valence-corrected chi connectivity index (χ2v) is 7.62. The maximum absolute atomic E-state index is 13.8. The predicted molar refractivity (Wildman–Crippen MR) is 81.5 cm³/mol. The van der Waals surface area contributed by atoms with E-state index in [1.54, 1.807) is 24.1 Å². The first-order valence-corrected chi connectivity index (χ1v) is 8.79. The van der Waals surface area contributed by atoms with Gasteiger partial charge in [0.1, 0.15) is 11.8 Å². The minimum absolute atomic E-state index is 0.0148. The van der Waals surface area contributed by atoms with Crippen LogP contribution in [0.4, 0.5) is 10.2 Å². The van der Waals surface area contributed by atoms with Gasteiger partial charge >= 0.3 is 0 Å². The van der Waals surface area contributed by atoms with Crippen molar-refractivity contribution in [3.63, 3.8) is 0 Å². The van der Waals surface area contributed by atoms with Crippen molar-refractivity contribution in [2.75, 3.05) is 23.5 Å². The van der Waals surface area contributed by atoms with Crippen LogP contribution in [-0.2, 0) is 9.84 Å². The van der Waals surface area contributed by atoms with Crippen LogP contribution in [0.5, 0.6) is 0 Å². The zero-order chi connectivity index (χ0) is 16.6. The van der Waals surface area contributed by atoms with E-state index in [4.69, 9.17) is 0 Å². The van der Waals surface area contributed by atoms with Gasteiger partial charge in [0.25, 0.3) is 0 Å². The molecule has 0 aliphatic carbocycles. The number of rotatable bonds is 3. The quantitative estimate of drug-likeness (QED) is 0.827. The van der Waals surface area contributed by atoms with Crippen molar-refractivity contribution in [2.24, 2.45) is 0 Å². The van der Waals surface area contributed by atoms with Crippen molar-refractivity contribution >= 4 is 15.7 Å². The normalized spacial score (nSPS) is 19.4. The molecule has 0 radical (unpaired) electrons. The third kappa shape index (κ3) is 2.90. The van der Waals surface area contributed by atoms with Gasteiger partial charge in [-0.15, -0.1) is 15.0 Å². The molecule has 1 aliphatic rings. The Labute approximate surface area is 132 Å². The minimum Gasteiger partial charge on any atom is -0.352 e. The van der Waals surface area contributed by atoms with Gasteiger partial charge in [-0.2, -0.15) is 5.26 Å². The molecule has 2 heterocycles. The summed E-state index contributed by atoms with van der Waals surface area (Å²) in [5.41, 5.74) is 0.155. The van der Waals surface area contributed by atoms with E-state index in [-0.39, 0.29) is 34.7 Å². The van der Waals surface area contributed by atoms with E-state index in [9.17, 15) is 18.1 Å². The van der Waals surface area contributed by atoms with Crippen LogP contribution in [0.2, 0.25) is 0 Å². The van der Waals surface area contributed by atoms with Crippen LogP contribution in [0.3, 0.4) is 0 Å². The first-order chi connectivity index (χ1) is 10.9. The summed E-state index contributed by atoms with van der Waals surface area (Å²) in [5.74, 6) is -0.130. The monoisotopic (exact) mass is 335 g/mol. The van der Waals surface area contributed by atoms with Crippen LogP contribution in [0.25, 0.3) is 5.69 Å². The Bertz CT molecular complexity index is 887. The zero-order valence-corrected chi connectivity index (χ0v) is 13.2. The lowest BCUT2D eigenvalue weighted by Crippen LogP contribution is -2.33. The zero-order valence-electron chi connectivity index (χ0n) is 12.3.